The Bertz CT molecular complexity index is 298. The third-order valence-corrected chi connectivity index (χ3v) is 1.83. The molecular weight excluding hydrogens is 208 g/mol. The van der Waals surface area contributed by atoms with Gasteiger partial charge in [0.15, 0.2) is 5.96 Å². The van der Waals surface area contributed by atoms with E-state index < -0.39 is 0 Å². The Balaban J connectivity index is 2.38. The number of ether oxygens (including phenoxy) is 1. The maximum atomic E-state index is 4.95. The average Bonchev–Trinajstić information content (AvgIpc) is 2.79. The first-order valence-electron chi connectivity index (χ1n) is 5.27. The molecule has 0 fully saturated rings. The van der Waals surface area contributed by atoms with Gasteiger partial charge >= 0.3 is 0 Å². The van der Waals surface area contributed by atoms with Crippen molar-refractivity contribution in [3.63, 3.8) is 0 Å². The van der Waals surface area contributed by atoms with Crippen molar-refractivity contribution < 1.29 is 9.26 Å². The highest BCUT2D eigenvalue weighted by Crippen LogP contribution is 1.95. The molecule has 2 N–H and O–H groups in total. The van der Waals surface area contributed by atoms with Crippen LogP contribution in [0.4, 0.5) is 0 Å². The molecule has 6 nitrogen and oxygen atoms in total. The summed E-state index contributed by atoms with van der Waals surface area (Å²) in [7, 11) is 1.67. The van der Waals surface area contributed by atoms with Gasteiger partial charge in [0.05, 0.1) is 13.2 Å². The SMILES string of the molecule is CCNC(=NCc1ccon1)NCCOC. The van der Waals surface area contributed by atoms with E-state index in [-0.39, 0.29) is 0 Å². The van der Waals surface area contributed by atoms with Crippen molar-refractivity contribution in [2.75, 3.05) is 26.8 Å². The molecule has 0 unspecified atom stereocenters. The molecule has 1 aromatic heterocycles. The van der Waals surface area contributed by atoms with Crippen LogP contribution in [0.5, 0.6) is 0 Å². The Morgan fingerprint density at radius 2 is 2.44 bits per heavy atom. The monoisotopic (exact) mass is 226 g/mol. The van der Waals surface area contributed by atoms with E-state index in [9.17, 15) is 0 Å². The summed E-state index contributed by atoms with van der Waals surface area (Å²) in [6, 6.07) is 1.79. The van der Waals surface area contributed by atoms with Gasteiger partial charge in [-0.1, -0.05) is 5.16 Å². The van der Waals surface area contributed by atoms with Gasteiger partial charge in [-0.05, 0) is 6.92 Å². The van der Waals surface area contributed by atoms with Crippen molar-refractivity contribution in [3.8, 4) is 0 Å². The van der Waals surface area contributed by atoms with Crippen LogP contribution in [-0.4, -0.2) is 37.9 Å². The van der Waals surface area contributed by atoms with Crippen LogP contribution in [0.25, 0.3) is 0 Å². The van der Waals surface area contributed by atoms with Gasteiger partial charge in [0, 0.05) is 26.3 Å². The first-order chi connectivity index (χ1) is 7.86. The lowest BCUT2D eigenvalue weighted by molar-refractivity contribution is 0.203. The first-order valence-corrected chi connectivity index (χ1v) is 5.27. The molecule has 0 aliphatic rings. The largest absolute Gasteiger partial charge is 0.383 e. The van der Waals surface area contributed by atoms with E-state index in [1.165, 1.54) is 6.26 Å². The predicted molar refractivity (Wildman–Crippen MR) is 61.2 cm³/mol. The molecule has 0 radical (unpaired) electrons. The fourth-order valence-electron chi connectivity index (χ4n) is 1.09. The maximum Gasteiger partial charge on any atom is 0.191 e. The van der Waals surface area contributed by atoms with Crippen LogP contribution in [0.2, 0.25) is 0 Å². The van der Waals surface area contributed by atoms with Crippen molar-refractivity contribution in [1.29, 1.82) is 0 Å². The lowest BCUT2D eigenvalue weighted by Crippen LogP contribution is -2.38. The molecule has 6 heteroatoms. The molecule has 0 saturated carbocycles. The molecule has 0 spiro atoms. The summed E-state index contributed by atoms with van der Waals surface area (Å²) in [5, 5.41) is 10.1. The van der Waals surface area contributed by atoms with Crippen LogP contribution in [0.3, 0.4) is 0 Å². The van der Waals surface area contributed by atoms with Crippen LogP contribution in [0, 0.1) is 0 Å². The molecule has 0 atom stereocenters. The summed E-state index contributed by atoms with van der Waals surface area (Å²) in [5.74, 6) is 0.752. The maximum absolute atomic E-state index is 4.95. The van der Waals surface area contributed by atoms with E-state index in [1.807, 2.05) is 6.92 Å². The van der Waals surface area contributed by atoms with Crippen LogP contribution in [0.15, 0.2) is 21.8 Å². The third-order valence-electron chi connectivity index (χ3n) is 1.83. The minimum Gasteiger partial charge on any atom is -0.383 e. The molecule has 1 aromatic rings. The van der Waals surface area contributed by atoms with Gasteiger partial charge in [-0.3, -0.25) is 0 Å². The topological polar surface area (TPSA) is 71.7 Å². The average molecular weight is 226 g/mol. The molecule has 0 saturated heterocycles. The number of aromatic nitrogens is 1. The zero-order valence-electron chi connectivity index (χ0n) is 9.69. The number of rotatable bonds is 6. The Kier molecular flexibility index (Phi) is 6.02. The molecule has 0 aliphatic heterocycles. The van der Waals surface area contributed by atoms with Crippen LogP contribution < -0.4 is 10.6 Å². The van der Waals surface area contributed by atoms with E-state index in [0.717, 1.165) is 24.7 Å². The summed E-state index contributed by atoms with van der Waals surface area (Å²) in [6.45, 7) is 4.70. The summed E-state index contributed by atoms with van der Waals surface area (Å²) in [5.41, 5.74) is 0.809. The van der Waals surface area contributed by atoms with Crippen LogP contribution >= 0.6 is 0 Å². The minimum absolute atomic E-state index is 0.499. The molecule has 0 aliphatic carbocycles. The first kappa shape index (κ1) is 12.5. The molecule has 1 heterocycles. The summed E-state index contributed by atoms with van der Waals surface area (Å²) in [6.07, 6.45) is 1.54. The summed E-state index contributed by atoms with van der Waals surface area (Å²) < 4.78 is 9.67. The number of methoxy groups -OCH3 is 1. The van der Waals surface area contributed by atoms with Crippen molar-refractivity contribution in [2.24, 2.45) is 4.99 Å². The van der Waals surface area contributed by atoms with Gasteiger partial charge in [-0.25, -0.2) is 4.99 Å². The predicted octanol–water partition coefficient (Wildman–Crippen LogP) is 0.376. The van der Waals surface area contributed by atoms with Gasteiger partial charge in [0.25, 0.3) is 0 Å². The van der Waals surface area contributed by atoms with Crippen molar-refractivity contribution in [2.45, 2.75) is 13.5 Å². The lowest BCUT2D eigenvalue weighted by atomic mass is 10.4. The van der Waals surface area contributed by atoms with Gasteiger partial charge in [-0.15, -0.1) is 0 Å². The van der Waals surface area contributed by atoms with Crippen molar-refractivity contribution in [3.05, 3.63) is 18.0 Å². The number of nitrogens with zero attached hydrogens (tertiary/aromatic N) is 2. The Labute approximate surface area is 95.1 Å². The quantitative estimate of drug-likeness (QED) is 0.417. The second kappa shape index (κ2) is 7.70. The van der Waals surface area contributed by atoms with Crippen molar-refractivity contribution in [1.82, 2.24) is 15.8 Å². The molecular formula is C10H18N4O2. The standard InChI is InChI=1S/C10H18N4O2/c1-3-11-10(12-5-7-15-2)13-8-9-4-6-16-14-9/h4,6H,3,5,7-8H2,1-2H3,(H2,11,12,13). The van der Waals surface area contributed by atoms with Gasteiger partial charge < -0.3 is 19.9 Å². The summed E-state index contributed by atoms with van der Waals surface area (Å²) in [4.78, 5) is 4.34. The van der Waals surface area contributed by atoms with Gasteiger partial charge in [0.1, 0.15) is 12.0 Å². The third kappa shape index (κ3) is 4.79. The second-order valence-corrected chi connectivity index (χ2v) is 3.11. The summed E-state index contributed by atoms with van der Waals surface area (Å²) >= 11 is 0. The number of guanidine groups is 1. The zero-order chi connectivity index (χ0) is 11.6. The van der Waals surface area contributed by atoms with E-state index in [2.05, 4.69) is 20.8 Å². The Hall–Kier alpha value is -1.56. The molecule has 16 heavy (non-hydrogen) atoms. The number of nitrogens with one attached hydrogen (secondary N) is 2. The van der Waals surface area contributed by atoms with Crippen molar-refractivity contribution >= 4 is 5.96 Å². The Morgan fingerprint density at radius 3 is 3.06 bits per heavy atom. The molecule has 0 aromatic carbocycles. The highest BCUT2D eigenvalue weighted by atomic mass is 16.5. The van der Waals surface area contributed by atoms with E-state index in [1.54, 1.807) is 13.2 Å². The number of aliphatic imine (C=N–C) groups is 1. The Morgan fingerprint density at radius 1 is 1.56 bits per heavy atom. The highest BCUT2D eigenvalue weighted by Gasteiger charge is 1.98. The number of hydrogen-bond acceptors (Lipinski definition) is 4. The molecule has 90 valence electrons. The zero-order valence-corrected chi connectivity index (χ0v) is 9.69. The van der Waals surface area contributed by atoms with Crippen LogP contribution in [0.1, 0.15) is 12.6 Å². The minimum atomic E-state index is 0.499. The number of hydrogen-bond donors (Lipinski definition) is 2. The van der Waals surface area contributed by atoms with E-state index >= 15 is 0 Å². The molecule has 0 bridgehead atoms. The fourth-order valence-corrected chi connectivity index (χ4v) is 1.09. The fraction of sp³-hybridized carbons (Fsp3) is 0.600. The normalized spacial score (nSPS) is 11.5. The molecule has 1 rings (SSSR count). The molecule has 0 amide bonds. The van der Waals surface area contributed by atoms with E-state index in [4.69, 9.17) is 9.26 Å². The highest BCUT2D eigenvalue weighted by molar-refractivity contribution is 5.79. The smallest absolute Gasteiger partial charge is 0.191 e. The van der Waals surface area contributed by atoms with Crippen LogP contribution in [-0.2, 0) is 11.3 Å². The second-order valence-electron chi connectivity index (χ2n) is 3.11. The van der Waals surface area contributed by atoms with Gasteiger partial charge in [0.2, 0.25) is 0 Å². The lowest BCUT2D eigenvalue weighted by Gasteiger charge is -2.09. The van der Waals surface area contributed by atoms with Gasteiger partial charge in [-0.2, -0.15) is 0 Å². The van der Waals surface area contributed by atoms with E-state index in [0.29, 0.717) is 13.2 Å².